The molecule has 0 saturated carbocycles. The van der Waals surface area contributed by atoms with Gasteiger partial charge in [-0.2, -0.15) is 0 Å². The zero-order chi connectivity index (χ0) is 7.56. The molecule has 0 aliphatic carbocycles. The van der Waals surface area contributed by atoms with E-state index in [2.05, 4.69) is 4.98 Å². The van der Waals surface area contributed by atoms with Crippen LogP contribution >= 0.6 is 0 Å². The lowest BCUT2D eigenvalue weighted by Crippen LogP contribution is -3.00. The van der Waals surface area contributed by atoms with E-state index < -0.39 is 4.92 Å². The molecule has 0 fully saturated rings. The molecule has 0 unspecified atom stereocenters. The molecule has 0 radical (unpaired) electrons. The van der Waals surface area contributed by atoms with Gasteiger partial charge in [-0.05, 0) is 0 Å². The maximum absolute atomic E-state index is 10.1. The number of H-pyrrole nitrogens is 1. The van der Waals surface area contributed by atoms with Crippen molar-refractivity contribution >= 4 is 11.5 Å². The largest absolute Gasteiger partial charge is 1.00 e. The molecule has 60 valence electrons. The summed E-state index contributed by atoms with van der Waals surface area (Å²) in [6.45, 7) is 0. The highest BCUT2D eigenvalue weighted by atomic mass is 79.9. The van der Waals surface area contributed by atoms with Crippen LogP contribution in [0.3, 0.4) is 0 Å². The van der Waals surface area contributed by atoms with Crippen LogP contribution in [0.5, 0.6) is 0 Å². The van der Waals surface area contributed by atoms with Gasteiger partial charge in [0.1, 0.15) is 0 Å². The van der Waals surface area contributed by atoms with Crippen LogP contribution in [0.2, 0.25) is 0 Å². The lowest BCUT2D eigenvalue weighted by Gasteiger charge is -1.85. The number of hydrogen-bond acceptors (Lipinski definition) is 3. The van der Waals surface area contributed by atoms with Gasteiger partial charge < -0.3 is 17.0 Å². The highest BCUT2D eigenvalue weighted by molar-refractivity contribution is 5.29. The summed E-state index contributed by atoms with van der Waals surface area (Å²) in [7, 11) is 0. The minimum absolute atomic E-state index is 0. The highest BCUT2D eigenvalue weighted by Gasteiger charge is 2.05. The van der Waals surface area contributed by atoms with Crippen molar-refractivity contribution in [1.29, 1.82) is 0 Å². The van der Waals surface area contributed by atoms with Gasteiger partial charge in [0, 0.05) is 12.1 Å². The number of rotatable bonds is 1. The van der Waals surface area contributed by atoms with Crippen LogP contribution in [0.1, 0.15) is 0 Å². The molecule has 0 spiro atoms. The number of nitrogens with zero attached hydrogens (tertiary/aromatic N) is 1. The molecule has 1 heterocycles. The Morgan fingerprint density at radius 2 is 2.18 bits per heavy atom. The van der Waals surface area contributed by atoms with Crippen LogP contribution in [0.15, 0.2) is 18.3 Å². The van der Waals surface area contributed by atoms with Crippen molar-refractivity contribution in [1.82, 2.24) is 0 Å². The zero-order valence-corrected chi connectivity index (χ0v) is 7.04. The van der Waals surface area contributed by atoms with Gasteiger partial charge >= 0.3 is 5.69 Å². The molecule has 5 nitrogen and oxygen atoms in total. The number of nitrogens with one attached hydrogen (secondary N) is 1. The number of aromatic nitrogens is 1. The second-order valence-corrected chi connectivity index (χ2v) is 1.76. The molecular formula is C5H6BrN3O2. The first-order valence-corrected chi connectivity index (χ1v) is 2.62. The van der Waals surface area contributed by atoms with E-state index in [1.807, 2.05) is 0 Å². The smallest absolute Gasteiger partial charge is 0.308 e. The molecule has 0 saturated heterocycles. The monoisotopic (exact) mass is 219 g/mol. The summed E-state index contributed by atoms with van der Waals surface area (Å²) in [5, 5.41) is 10.1. The number of pyridine rings is 1. The van der Waals surface area contributed by atoms with Crippen LogP contribution in [0, 0.1) is 10.1 Å². The minimum Gasteiger partial charge on any atom is -1.00 e. The Hall–Kier alpha value is -1.17. The summed E-state index contributed by atoms with van der Waals surface area (Å²) >= 11 is 0. The summed E-state index contributed by atoms with van der Waals surface area (Å²) in [6, 6.07) is 2.78. The average Bonchev–Trinajstić information content (AvgIpc) is 1.88. The molecular weight excluding hydrogens is 214 g/mol. The minimum atomic E-state index is -0.490. The van der Waals surface area contributed by atoms with Gasteiger partial charge in [0.05, 0.1) is 4.92 Å². The standard InChI is InChI=1S/C5H5N3O2.BrH/c6-5-2-1-4(3-7-5)8(9)10;/h1-3H,(H2,6,7);1H. The third kappa shape index (κ3) is 2.50. The number of hydrogen-bond donors (Lipinski definition) is 1. The summed E-state index contributed by atoms with van der Waals surface area (Å²) < 4.78 is 0. The molecule has 1 aromatic heterocycles. The van der Waals surface area contributed by atoms with E-state index in [0.29, 0.717) is 5.82 Å². The molecule has 11 heavy (non-hydrogen) atoms. The first-order valence-electron chi connectivity index (χ1n) is 2.62. The molecule has 0 aromatic carbocycles. The van der Waals surface area contributed by atoms with E-state index in [-0.39, 0.29) is 22.7 Å². The van der Waals surface area contributed by atoms with E-state index in [4.69, 9.17) is 5.73 Å². The van der Waals surface area contributed by atoms with Crippen LogP contribution < -0.4 is 27.7 Å². The van der Waals surface area contributed by atoms with Gasteiger partial charge in [0.15, 0.2) is 6.20 Å². The van der Waals surface area contributed by atoms with Gasteiger partial charge in [-0.3, -0.25) is 15.8 Å². The topological polar surface area (TPSA) is 83.3 Å². The fraction of sp³-hybridized carbons (Fsp3) is 0. The molecule has 0 aliphatic rings. The summed E-state index contributed by atoms with van der Waals surface area (Å²) in [5.74, 6) is 0.408. The van der Waals surface area contributed by atoms with Crippen molar-refractivity contribution in [2.45, 2.75) is 0 Å². The van der Waals surface area contributed by atoms with Gasteiger partial charge in [-0.25, -0.2) is 4.98 Å². The molecule has 0 amide bonds. The Bertz CT molecular complexity index is 248. The van der Waals surface area contributed by atoms with Gasteiger partial charge in [0.2, 0.25) is 0 Å². The number of nitro groups is 1. The fourth-order valence-corrected chi connectivity index (χ4v) is 0.542. The molecule has 0 atom stereocenters. The third-order valence-electron chi connectivity index (χ3n) is 1.03. The maximum Gasteiger partial charge on any atom is 0.308 e. The van der Waals surface area contributed by atoms with E-state index in [1.165, 1.54) is 18.3 Å². The van der Waals surface area contributed by atoms with Crippen LogP contribution in [0.25, 0.3) is 0 Å². The summed E-state index contributed by atoms with van der Waals surface area (Å²) in [4.78, 5) is 12.1. The van der Waals surface area contributed by atoms with Crippen molar-refractivity contribution in [3.8, 4) is 0 Å². The quantitative estimate of drug-likeness (QED) is 0.404. The van der Waals surface area contributed by atoms with Gasteiger partial charge in [0.25, 0.3) is 5.82 Å². The Morgan fingerprint density at radius 3 is 2.55 bits per heavy atom. The lowest BCUT2D eigenvalue weighted by atomic mass is 10.4. The summed E-state index contributed by atoms with van der Waals surface area (Å²) in [5.41, 5.74) is 5.26. The van der Waals surface area contributed by atoms with Gasteiger partial charge in [-0.1, -0.05) is 0 Å². The predicted molar refractivity (Wildman–Crippen MR) is 34.1 cm³/mol. The number of halogens is 1. The third-order valence-corrected chi connectivity index (χ3v) is 1.03. The molecule has 3 N–H and O–H groups in total. The number of anilines is 1. The van der Waals surface area contributed by atoms with Gasteiger partial charge in [-0.15, -0.1) is 0 Å². The van der Waals surface area contributed by atoms with E-state index in [1.54, 1.807) is 0 Å². The first kappa shape index (κ1) is 9.83. The van der Waals surface area contributed by atoms with Crippen LogP contribution in [-0.4, -0.2) is 4.92 Å². The first-order chi connectivity index (χ1) is 4.70. The molecule has 0 aliphatic heterocycles. The maximum atomic E-state index is 10.1. The zero-order valence-electron chi connectivity index (χ0n) is 5.45. The van der Waals surface area contributed by atoms with Crippen molar-refractivity contribution in [3.63, 3.8) is 0 Å². The molecule has 0 bridgehead atoms. The number of nitrogens with two attached hydrogens (primary N) is 1. The van der Waals surface area contributed by atoms with Crippen molar-refractivity contribution in [2.75, 3.05) is 5.73 Å². The van der Waals surface area contributed by atoms with Crippen molar-refractivity contribution < 1.29 is 26.9 Å². The Morgan fingerprint density at radius 1 is 1.55 bits per heavy atom. The van der Waals surface area contributed by atoms with E-state index in [0.717, 1.165) is 0 Å². The van der Waals surface area contributed by atoms with Crippen molar-refractivity contribution in [2.24, 2.45) is 0 Å². The molecule has 1 rings (SSSR count). The van der Waals surface area contributed by atoms with Crippen LogP contribution in [-0.2, 0) is 0 Å². The summed E-state index contributed by atoms with van der Waals surface area (Å²) in [6.07, 6.45) is 1.25. The normalized spacial score (nSPS) is 8.36. The highest BCUT2D eigenvalue weighted by Crippen LogP contribution is 2.05. The Labute approximate surface area is 73.2 Å². The Balaban J connectivity index is 0.000001000. The van der Waals surface area contributed by atoms with Crippen molar-refractivity contribution in [3.05, 3.63) is 28.4 Å². The average molecular weight is 220 g/mol. The molecule has 6 heteroatoms. The lowest BCUT2D eigenvalue weighted by molar-refractivity contribution is -0.413. The SMILES string of the molecule is Nc1ccc([N+](=O)[O-])c[nH+]1.[Br-]. The van der Waals surface area contributed by atoms with E-state index >= 15 is 0 Å². The fourth-order valence-electron chi connectivity index (χ4n) is 0.542. The Kier molecular flexibility index (Phi) is 3.46. The molecule has 1 aromatic rings. The second-order valence-electron chi connectivity index (χ2n) is 1.76. The number of nitrogen functional groups attached to an aromatic ring is 1. The van der Waals surface area contributed by atoms with Crippen LogP contribution in [0.4, 0.5) is 11.5 Å². The second kappa shape index (κ2) is 3.87. The predicted octanol–water partition coefficient (Wildman–Crippen LogP) is -3.00. The van der Waals surface area contributed by atoms with E-state index in [9.17, 15) is 10.1 Å². The number of aromatic amines is 1.